The van der Waals surface area contributed by atoms with Crippen LogP contribution in [0.15, 0.2) is 8.42 Å². The molecule has 0 amide bonds. The first-order chi connectivity index (χ1) is 5.77. The van der Waals surface area contributed by atoms with Crippen molar-refractivity contribution in [1.29, 1.82) is 10.5 Å². The van der Waals surface area contributed by atoms with Crippen molar-refractivity contribution in [3.63, 3.8) is 0 Å². The first-order valence-electron chi connectivity index (χ1n) is 2.53. The fraction of sp³-hybridized carbons (Fsp3) is 0. The lowest BCUT2D eigenvalue weighted by atomic mass is 11.1. The summed E-state index contributed by atoms with van der Waals surface area (Å²) in [6, 6.07) is 0. The zero-order chi connectivity index (χ0) is 8.97. The normalized spacial score (nSPS) is 8.83. The van der Waals surface area contributed by atoms with Crippen LogP contribution < -0.4 is 0 Å². The molecule has 0 atom stereocenters. The van der Waals surface area contributed by atoms with E-state index in [4.69, 9.17) is 22.7 Å². The predicted octanol–water partition coefficient (Wildman–Crippen LogP) is 3.69. The van der Waals surface area contributed by atoms with Crippen molar-refractivity contribution in [3.05, 3.63) is 3.14 Å². The number of nitriles is 2. The second-order valence-electron chi connectivity index (χ2n) is 1.42. The second kappa shape index (κ2) is 4.85. The molecule has 7 heteroatoms. The Balaban J connectivity index is 3.03. The van der Waals surface area contributed by atoms with Crippen molar-refractivity contribution >= 4 is 58.4 Å². The first kappa shape index (κ1) is 10.0. The maximum atomic E-state index is 8.42. The summed E-state index contributed by atoms with van der Waals surface area (Å²) in [5, 5.41) is 20.8. The van der Waals surface area contributed by atoms with Gasteiger partial charge in [-0.15, -0.1) is 22.7 Å². The van der Waals surface area contributed by atoms with Gasteiger partial charge in [-0.05, 0) is 0 Å². The summed E-state index contributed by atoms with van der Waals surface area (Å²) >= 11 is 9.82. The zero-order valence-electron chi connectivity index (χ0n) is 5.44. The Morgan fingerprint density at radius 2 is 1.50 bits per heavy atom. The highest BCUT2D eigenvalue weighted by Gasteiger charge is 2.07. The number of thioether (sulfide) groups is 2. The third kappa shape index (κ3) is 2.47. The number of hydrogen-bond acceptors (Lipinski definition) is 7. The summed E-state index contributed by atoms with van der Waals surface area (Å²) in [6.45, 7) is 0. The molecule has 1 aromatic heterocycles. The summed E-state index contributed by atoms with van der Waals surface area (Å²) in [5.74, 6) is 0. The molecule has 0 radical (unpaired) electrons. The third-order valence-electron chi connectivity index (χ3n) is 0.795. The smallest absolute Gasteiger partial charge is 0.145 e. The minimum Gasteiger partial charge on any atom is -0.185 e. The Morgan fingerprint density at radius 3 is 1.83 bits per heavy atom. The first-order valence-corrected chi connectivity index (χ1v) is 6.21. The van der Waals surface area contributed by atoms with Gasteiger partial charge < -0.3 is 0 Å². The van der Waals surface area contributed by atoms with E-state index in [9.17, 15) is 0 Å². The Morgan fingerprint density at radius 1 is 1.08 bits per heavy atom. The number of hydrogen-bond donors (Lipinski definition) is 0. The van der Waals surface area contributed by atoms with Crippen molar-refractivity contribution in [1.82, 2.24) is 0 Å². The van der Waals surface area contributed by atoms with Gasteiger partial charge in [0.1, 0.15) is 22.4 Å². The van der Waals surface area contributed by atoms with Gasteiger partial charge in [-0.25, -0.2) is 0 Å². The van der Waals surface area contributed by atoms with Gasteiger partial charge in [0.15, 0.2) is 0 Å². The molecular formula is C5N2S5. The molecule has 1 aromatic rings. The minimum absolute atomic E-state index is 0.755. The lowest BCUT2D eigenvalue weighted by Crippen LogP contribution is -1.59. The number of nitrogens with zero attached hydrogens (tertiary/aromatic N) is 2. The largest absolute Gasteiger partial charge is 0.185 e. The van der Waals surface area contributed by atoms with Crippen molar-refractivity contribution < 1.29 is 0 Å². The quantitative estimate of drug-likeness (QED) is 0.454. The van der Waals surface area contributed by atoms with E-state index in [1.165, 1.54) is 22.7 Å². The molecular weight excluding hydrogens is 248 g/mol. The van der Waals surface area contributed by atoms with Gasteiger partial charge >= 0.3 is 0 Å². The maximum absolute atomic E-state index is 8.42. The van der Waals surface area contributed by atoms with Gasteiger partial charge in [0.2, 0.25) is 0 Å². The molecule has 0 aliphatic rings. The average molecular weight is 248 g/mol. The van der Waals surface area contributed by atoms with E-state index in [0.29, 0.717) is 0 Å². The molecule has 0 aliphatic heterocycles. The highest BCUT2D eigenvalue weighted by atomic mass is 32.2. The monoisotopic (exact) mass is 248 g/mol. The van der Waals surface area contributed by atoms with E-state index in [0.717, 1.165) is 35.1 Å². The molecule has 0 N–H and O–H groups in total. The molecule has 0 unspecified atom stereocenters. The average Bonchev–Trinajstić information content (AvgIpc) is 2.33. The molecule has 60 valence electrons. The van der Waals surface area contributed by atoms with Crippen LogP contribution in [0.3, 0.4) is 0 Å². The summed E-state index contributed by atoms with van der Waals surface area (Å²) in [6.07, 6.45) is 0. The highest BCUT2D eigenvalue weighted by molar-refractivity contribution is 8.09. The fourth-order valence-corrected chi connectivity index (χ4v) is 5.12. The molecule has 0 fully saturated rings. The zero-order valence-corrected chi connectivity index (χ0v) is 9.52. The van der Waals surface area contributed by atoms with Crippen LogP contribution in [0.5, 0.6) is 0 Å². The molecule has 0 saturated heterocycles. The van der Waals surface area contributed by atoms with Gasteiger partial charge in [-0.2, -0.15) is 10.5 Å². The van der Waals surface area contributed by atoms with E-state index in [1.54, 1.807) is 0 Å². The third-order valence-corrected chi connectivity index (χ3v) is 5.39. The van der Waals surface area contributed by atoms with Gasteiger partial charge in [-0.1, -0.05) is 12.2 Å². The van der Waals surface area contributed by atoms with Gasteiger partial charge in [-0.3, -0.25) is 0 Å². The summed E-state index contributed by atoms with van der Waals surface area (Å²) in [7, 11) is 0. The highest BCUT2D eigenvalue weighted by Crippen LogP contribution is 2.39. The van der Waals surface area contributed by atoms with Crippen LogP contribution in [0.2, 0.25) is 0 Å². The summed E-state index contributed by atoms with van der Waals surface area (Å²) in [5.41, 5.74) is 0. The lowest BCUT2D eigenvalue weighted by molar-refractivity contribution is 1.52. The summed E-state index contributed by atoms with van der Waals surface area (Å²) in [4.78, 5) is 0. The molecule has 12 heavy (non-hydrogen) atoms. The Bertz CT molecular complexity index is 366. The van der Waals surface area contributed by atoms with Crippen molar-refractivity contribution in [3.8, 4) is 10.8 Å². The van der Waals surface area contributed by atoms with E-state index in [2.05, 4.69) is 0 Å². The van der Waals surface area contributed by atoms with E-state index in [1.807, 2.05) is 10.8 Å². The maximum Gasteiger partial charge on any atom is 0.145 e. The summed E-state index contributed by atoms with van der Waals surface area (Å²) < 4.78 is 2.42. The number of rotatable bonds is 2. The lowest BCUT2D eigenvalue weighted by Gasteiger charge is -1.86. The molecule has 0 aliphatic carbocycles. The van der Waals surface area contributed by atoms with Crippen LogP contribution in [-0.2, 0) is 0 Å². The van der Waals surface area contributed by atoms with E-state index < -0.39 is 0 Å². The van der Waals surface area contributed by atoms with Crippen molar-refractivity contribution in [2.45, 2.75) is 8.42 Å². The van der Waals surface area contributed by atoms with Crippen LogP contribution in [0.25, 0.3) is 0 Å². The molecule has 1 rings (SSSR count). The molecule has 1 heterocycles. The fourth-order valence-electron chi connectivity index (χ4n) is 0.463. The topological polar surface area (TPSA) is 47.6 Å². The molecule has 0 bridgehead atoms. The van der Waals surface area contributed by atoms with Gasteiger partial charge in [0, 0.05) is 23.5 Å². The Hall–Kier alpha value is -0.0500. The second-order valence-corrected chi connectivity index (χ2v) is 6.75. The van der Waals surface area contributed by atoms with Crippen LogP contribution in [0, 0.1) is 24.5 Å². The van der Waals surface area contributed by atoms with Crippen LogP contribution >= 0.6 is 58.4 Å². The van der Waals surface area contributed by atoms with Crippen molar-refractivity contribution in [2.24, 2.45) is 0 Å². The molecule has 0 saturated carbocycles. The molecule has 2 nitrogen and oxygen atoms in total. The molecule has 0 spiro atoms. The van der Waals surface area contributed by atoms with Crippen LogP contribution in [0.1, 0.15) is 0 Å². The van der Waals surface area contributed by atoms with Gasteiger partial charge in [0.05, 0.1) is 0 Å². The van der Waals surface area contributed by atoms with Crippen LogP contribution in [0.4, 0.5) is 0 Å². The van der Waals surface area contributed by atoms with Crippen molar-refractivity contribution in [2.75, 3.05) is 0 Å². The van der Waals surface area contributed by atoms with E-state index in [-0.39, 0.29) is 0 Å². The standard InChI is InChI=1S/C5N2S5/c6-1-9-3-4(10-2-7)12-5(8)11-3. The Kier molecular flexibility index (Phi) is 4.06. The van der Waals surface area contributed by atoms with E-state index >= 15 is 0 Å². The minimum atomic E-state index is 0.755. The molecule has 0 aromatic carbocycles. The number of thiocyanates is 2. The van der Waals surface area contributed by atoms with Gasteiger partial charge in [0.25, 0.3) is 0 Å². The Labute approximate surface area is 90.8 Å². The van der Waals surface area contributed by atoms with Crippen LogP contribution in [-0.4, -0.2) is 0 Å². The SMILES string of the molecule is N#CSc1sc(=S)sc1SC#N. The predicted molar refractivity (Wildman–Crippen MR) is 56.0 cm³/mol.